The van der Waals surface area contributed by atoms with E-state index in [2.05, 4.69) is 46.8 Å². The van der Waals surface area contributed by atoms with Crippen molar-refractivity contribution in [2.24, 2.45) is 5.41 Å². The summed E-state index contributed by atoms with van der Waals surface area (Å²) in [5.74, 6) is 0.101. The molecule has 0 atom stereocenters. The number of aliphatic carboxylic acids is 1. The molecule has 0 unspecified atom stereocenters. The van der Waals surface area contributed by atoms with Crippen LogP contribution in [0.15, 0.2) is 18.2 Å². The first kappa shape index (κ1) is 18.5. The SMILES string of the molecule is COc1ccc(C(C)(C)CC(C)(C)C)cc1CCCC(=O)O. The summed E-state index contributed by atoms with van der Waals surface area (Å²) in [5.41, 5.74) is 2.72. The van der Waals surface area contributed by atoms with Gasteiger partial charge >= 0.3 is 5.97 Å². The quantitative estimate of drug-likeness (QED) is 0.786. The minimum absolute atomic E-state index is 0.0755. The predicted molar refractivity (Wildman–Crippen MR) is 90.7 cm³/mol. The van der Waals surface area contributed by atoms with Crippen LogP contribution in [-0.2, 0) is 16.6 Å². The van der Waals surface area contributed by atoms with Crippen molar-refractivity contribution in [1.82, 2.24) is 0 Å². The van der Waals surface area contributed by atoms with Crippen molar-refractivity contribution < 1.29 is 14.6 Å². The summed E-state index contributed by atoms with van der Waals surface area (Å²) in [7, 11) is 1.66. The van der Waals surface area contributed by atoms with Crippen LogP contribution in [0, 0.1) is 5.41 Å². The molecular formula is C19H30O3. The third-order valence-corrected chi connectivity index (χ3v) is 3.87. The molecule has 0 heterocycles. The number of benzene rings is 1. The molecular weight excluding hydrogens is 276 g/mol. The van der Waals surface area contributed by atoms with Crippen LogP contribution in [0.2, 0.25) is 0 Å². The molecule has 124 valence electrons. The number of aryl methyl sites for hydroxylation is 1. The Balaban J connectivity index is 3.00. The van der Waals surface area contributed by atoms with Crippen molar-refractivity contribution in [2.75, 3.05) is 7.11 Å². The third-order valence-electron chi connectivity index (χ3n) is 3.87. The van der Waals surface area contributed by atoms with E-state index in [1.165, 1.54) is 5.56 Å². The Morgan fingerprint density at radius 2 is 1.82 bits per heavy atom. The van der Waals surface area contributed by atoms with Crippen LogP contribution in [0.4, 0.5) is 0 Å². The molecule has 1 N–H and O–H groups in total. The molecule has 0 aliphatic carbocycles. The van der Waals surface area contributed by atoms with Crippen LogP contribution in [0.1, 0.15) is 65.0 Å². The van der Waals surface area contributed by atoms with Gasteiger partial charge in [0.25, 0.3) is 0 Å². The van der Waals surface area contributed by atoms with E-state index < -0.39 is 5.97 Å². The molecule has 3 nitrogen and oxygen atoms in total. The van der Waals surface area contributed by atoms with Crippen molar-refractivity contribution in [3.8, 4) is 5.75 Å². The first-order valence-corrected chi connectivity index (χ1v) is 7.94. The highest BCUT2D eigenvalue weighted by Gasteiger charge is 2.27. The maximum atomic E-state index is 10.7. The maximum absolute atomic E-state index is 10.7. The Hall–Kier alpha value is -1.51. The van der Waals surface area contributed by atoms with Gasteiger partial charge in [0.05, 0.1) is 7.11 Å². The number of hydrogen-bond acceptors (Lipinski definition) is 2. The minimum atomic E-state index is -0.747. The lowest BCUT2D eigenvalue weighted by Crippen LogP contribution is -2.25. The smallest absolute Gasteiger partial charge is 0.303 e. The highest BCUT2D eigenvalue weighted by Crippen LogP contribution is 2.37. The van der Waals surface area contributed by atoms with Crippen molar-refractivity contribution in [3.63, 3.8) is 0 Å². The van der Waals surface area contributed by atoms with E-state index >= 15 is 0 Å². The molecule has 0 aromatic heterocycles. The lowest BCUT2D eigenvalue weighted by atomic mass is 9.72. The zero-order valence-corrected chi connectivity index (χ0v) is 14.8. The number of rotatable bonds is 7. The van der Waals surface area contributed by atoms with Crippen LogP contribution in [0.25, 0.3) is 0 Å². The molecule has 0 fully saturated rings. The number of carboxylic acids is 1. The molecule has 1 aromatic rings. The van der Waals surface area contributed by atoms with Crippen LogP contribution < -0.4 is 4.74 Å². The van der Waals surface area contributed by atoms with Gasteiger partial charge in [-0.05, 0) is 47.3 Å². The van der Waals surface area contributed by atoms with E-state index in [9.17, 15) is 4.79 Å². The average Bonchev–Trinajstić information content (AvgIpc) is 2.35. The van der Waals surface area contributed by atoms with E-state index in [0.717, 1.165) is 24.2 Å². The third kappa shape index (κ3) is 5.70. The van der Waals surface area contributed by atoms with E-state index in [1.54, 1.807) is 7.11 Å². The topological polar surface area (TPSA) is 46.5 Å². The second-order valence-electron chi connectivity index (χ2n) is 7.90. The van der Waals surface area contributed by atoms with Crippen LogP contribution in [-0.4, -0.2) is 18.2 Å². The average molecular weight is 306 g/mol. The van der Waals surface area contributed by atoms with Crippen molar-refractivity contribution in [1.29, 1.82) is 0 Å². The standard InChI is InChI=1S/C19H30O3/c1-18(2,3)13-19(4,5)15-10-11-16(22-6)14(12-15)8-7-9-17(20)21/h10-12H,7-9,13H2,1-6H3,(H,20,21). The number of methoxy groups -OCH3 is 1. The molecule has 0 amide bonds. The number of ether oxygens (including phenoxy) is 1. The molecule has 0 bridgehead atoms. The lowest BCUT2D eigenvalue weighted by Gasteiger charge is -2.33. The summed E-state index contributed by atoms with van der Waals surface area (Å²) in [6.07, 6.45) is 2.64. The fourth-order valence-corrected chi connectivity index (χ4v) is 3.25. The van der Waals surface area contributed by atoms with Gasteiger partial charge in [0.1, 0.15) is 5.75 Å². The van der Waals surface area contributed by atoms with Crippen LogP contribution >= 0.6 is 0 Å². The van der Waals surface area contributed by atoms with Gasteiger partial charge < -0.3 is 9.84 Å². The summed E-state index contributed by atoms with van der Waals surface area (Å²) in [5, 5.41) is 8.80. The molecule has 0 aliphatic rings. The minimum Gasteiger partial charge on any atom is -0.496 e. The number of carboxylic acid groups (broad SMARTS) is 1. The van der Waals surface area contributed by atoms with E-state index in [-0.39, 0.29) is 17.3 Å². The Bertz CT molecular complexity index is 510. The maximum Gasteiger partial charge on any atom is 0.303 e. The molecule has 1 aromatic carbocycles. The Labute approximate surface area is 134 Å². The highest BCUT2D eigenvalue weighted by atomic mass is 16.5. The first-order valence-electron chi connectivity index (χ1n) is 7.94. The summed E-state index contributed by atoms with van der Waals surface area (Å²) in [6.45, 7) is 11.3. The van der Waals surface area contributed by atoms with Gasteiger partial charge in [-0.1, -0.05) is 46.8 Å². The van der Waals surface area contributed by atoms with Gasteiger partial charge in [-0.2, -0.15) is 0 Å². The second kappa shape index (κ2) is 7.17. The second-order valence-corrected chi connectivity index (χ2v) is 7.90. The van der Waals surface area contributed by atoms with Crippen LogP contribution in [0.5, 0.6) is 5.75 Å². The molecule has 0 saturated heterocycles. The molecule has 3 heteroatoms. The van der Waals surface area contributed by atoms with Gasteiger partial charge in [0.15, 0.2) is 0 Å². The fourth-order valence-electron chi connectivity index (χ4n) is 3.25. The number of hydrogen-bond donors (Lipinski definition) is 1. The van der Waals surface area contributed by atoms with Crippen molar-refractivity contribution >= 4 is 5.97 Å². The Morgan fingerprint density at radius 3 is 2.32 bits per heavy atom. The molecule has 0 spiro atoms. The normalized spacial score (nSPS) is 12.3. The Morgan fingerprint density at radius 1 is 1.18 bits per heavy atom. The van der Waals surface area contributed by atoms with Crippen molar-refractivity contribution in [2.45, 2.75) is 65.7 Å². The van der Waals surface area contributed by atoms with Gasteiger partial charge in [-0.15, -0.1) is 0 Å². The monoisotopic (exact) mass is 306 g/mol. The fraction of sp³-hybridized carbons (Fsp3) is 0.632. The molecule has 0 aliphatic heterocycles. The lowest BCUT2D eigenvalue weighted by molar-refractivity contribution is -0.137. The molecule has 0 radical (unpaired) electrons. The summed E-state index contributed by atoms with van der Waals surface area (Å²) in [6, 6.07) is 6.33. The zero-order valence-electron chi connectivity index (χ0n) is 14.8. The molecule has 22 heavy (non-hydrogen) atoms. The van der Waals surface area contributed by atoms with Gasteiger partial charge in [0, 0.05) is 6.42 Å². The largest absolute Gasteiger partial charge is 0.496 e. The van der Waals surface area contributed by atoms with Gasteiger partial charge in [-0.3, -0.25) is 4.79 Å². The zero-order chi connectivity index (χ0) is 17.0. The summed E-state index contributed by atoms with van der Waals surface area (Å²) >= 11 is 0. The van der Waals surface area contributed by atoms with E-state index in [4.69, 9.17) is 9.84 Å². The first-order chi connectivity index (χ1) is 10.0. The Kier molecular flexibility index (Phi) is 6.04. The van der Waals surface area contributed by atoms with Crippen molar-refractivity contribution in [3.05, 3.63) is 29.3 Å². The predicted octanol–water partition coefficient (Wildman–Crippen LogP) is 4.82. The summed E-state index contributed by atoms with van der Waals surface area (Å²) in [4.78, 5) is 10.7. The molecule has 1 rings (SSSR count). The van der Waals surface area contributed by atoms with E-state index in [0.29, 0.717) is 6.42 Å². The van der Waals surface area contributed by atoms with Gasteiger partial charge in [-0.25, -0.2) is 0 Å². The van der Waals surface area contributed by atoms with Crippen LogP contribution in [0.3, 0.4) is 0 Å². The van der Waals surface area contributed by atoms with E-state index in [1.807, 2.05) is 6.07 Å². The van der Waals surface area contributed by atoms with Gasteiger partial charge in [0.2, 0.25) is 0 Å². The molecule has 0 saturated carbocycles. The number of carbonyl (C=O) groups is 1. The highest BCUT2D eigenvalue weighted by molar-refractivity contribution is 5.66. The summed E-state index contributed by atoms with van der Waals surface area (Å²) < 4.78 is 5.42.